The van der Waals surface area contributed by atoms with Gasteiger partial charge in [0.1, 0.15) is 0 Å². The van der Waals surface area contributed by atoms with Gasteiger partial charge in [0.2, 0.25) is 5.76 Å². The highest BCUT2D eigenvalue weighted by Crippen LogP contribution is 2.27. The lowest BCUT2D eigenvalue weighted by Gasteiger charge is -2.33. The predicted molar refractivity (Wildman–Crippen MR) is 98.6 cm³/mol. The van der Waals surface area contributed by atoms with Gasteiger partial charge in [-0.25, -0.2) is 4.79 Å². The summed E-state index contributed by atoms with van der Waals surface area (Å²) >= 11 is 0. The van der Waals surface area contributed by atoms with E-state index < -0.39 is 5.97 Å². The SMILES string of the molecule is CC1CCC(N(C)C(=O)COC(=O)c2occc2-c2ccccc2)CC1. The highest BCUT2D eigenvalue weighted by molar-refractivity contribution is 5.95. The van der Waals surface area contributed by atoms with E-state index in [-0.39, 0.29) is 24.3 Å². The summed E-state index contributed by atoms with van der Waals surface area (Å²) in [6.07, 6.45) is 5.74. The number of benzene rings is 1. The van der Waals surface area contributed by atoms with Crippen LogP contribution in [0.4, 0.5) is 0 Å². The van der Waals surface area contributed by atoms with Crippen LogP contribution in [0.3, 0.4) is 0 Å². The van der Waals surface area contributed by atoms with E-state index in [1.165, 1.54) is 6.26 Å². The second-order valence-corrected chi connectivity index (χ2v) is 7.02. The van der Waals surface area contributed by atoms with Crippen LogP contribution in [-0.4, -0.2) is 36.5 Å². The number of ether oxygens (including phenoxy) is 1. The van der Waals surface area contributed by atoms with Gasteiger partial charge in [-0.05, 0) is 43.2 Å². The van der Waals surface area contributed by atoms with Gasteiger partial charge < -0.3 is 14.1 Å². The van der Waals surface area contributed by atoms with Crippen LogP contribution in [-0.2, 0) is 9.53 Å². The maximum Gasteiger partial charge on any atom is 0.375 e. The minimum atomic E-state index is -0.618. The van der Waals surface area contributed by atoms with E-state index in [4.69, 9.17) is 9.15 Å². The Hall–Kier alpha value is -2.56. The van der Waals surface area contributed by atoms with E-state index in [1.54, 1.807) is 18.0 Å². The first-order chi connectivity index (χ1) is 12.6. The summed E-state index contributed by atoms with van der Waals surface area (Å²) in [6.45, 7) is 1.98. The topological polar surface area (TPSA) is 59.8 Å². The Morgan fingerprint density at radius 2 is 1.81 bits per heavy atom. The molecule has 1 heterocycles. The van der Waals surface area contributed by atoms with Crippen LogP contribution >= 0.6 is 0 Å². The molecule has 1 saturated carbocycles. The van der Waals surface area contributed by atoms with Crippen LogP contribution in [0.5, 0.6) is 0 Å². The minimum absolute atomic E-state index is 0.123. The first-order valence-electron chi connectivity index (χ1n) is 9.12. The lowest BCUT2D eigenvalue weighted by atomic mass is 9.87. The molecule has 1 aromatic heterocycles. The smallest absolute Gasteiger partial charge is 0.375 e. The summed E-state index contributed by atoms with van der Waals surface area (Å²) in [6, 6.07) is 11.4. The molecule has 138 valence electrons. The minimum Gasteiger partial charge on any atom is -0.457 e. The maximum atomic E-state index is 12.4. The van der Waals surface area contributed by atoms with Crippen LogP contribution in [0.2, 0.25) is 0 Å². The first kappa shape index (κ1) is 18.2. The fraction of sp³-hybridized carbons (Fsp3) is 0.429. The zero-order valence-electron chi connectivity index (χ0n) is 15.3. The Balaban J connectivity index is 1.58. The highest BCUT2D eigenvalue weighted by atomic mass is 16.5. The summed E-state index contributed by atoms with van der Waals surface area (Å²) in [7, 11) is 1.79. The summed E-state index contributed by atoms with van der Waals surface area (Å²) in [5, 5.41) is 0. The lowest BCUT2D eigenvalue weighted by molar-refractivity contribution is -0.136. The van der Waals surface area contributed by atoms with Crippen molar-refractivity contribution in [2.24, 2.45) is 5.92 Å². The fourth-order valence-electron chi connectivity index (χ4n) is 3.44. The number of hydrogen-bond acceptors (Lipinski definition) is 4. The summed E-state index contributed by atoms with van der Waals surface area (Å²) < 4.78 is 10.5. The van der Waals surface area contributed by atoms with Crippen LogP contribution in [0, 0.1) is 5.92 Å². The van der Waals surface area contributed by atoms with Gasteiger partial charge in [0.25, 0.3) is 5.91 Å². The van der Waals surface area contributed by atoms with E-state index in [1.807, 2.05) is 30.3 Å². The zero-order chi connectivity index (χ0) is 18.5. The quantitative estimate of drug-likeness (QED) is 0.756. The van der Waals surface area contributed by atoms with Crippen LogP contribution in [0.15, 0.2) is 47.1 Å². The molecule has 0 saturated heterocycles. The van der Waals surface area contributed by atoms with Gasteiger partial charge in [0, 0.05) is 18.7 Å². The average Bonchev–Trinajstić information content (AvgIpc) is 3.16. The summed E-state index contributed by atoms with van der Waals surface area (Å²) in [5.74, 6) is 0.0553. The largest absolute Gasteiger partial charge is 0.457 e. The van der Waals surface area contributed by atoms with E-state index in [9.17, 15) is 9.59 Å². The number of rotatable bonds is 5. The number of carbonyl (C=O) groups is 2. The van der Waals surface area contributed by atoms with E-state index in [0.29, 0.717) is 5.56 Å². The maximum absolute atomic E-state index is 12.4. The molecule has 0 aliphatic heterocycles. The molecule has 1 amide bonds. The monoisotopic (exact) mass is 355 g/mol. The number of furan rings is 1. The van der Waals surface area contributed by atoms with Gasteiger partial charge in [-0.1, -0.05) is 37.3 Å². The van der Waals surface area contributed by atoms with Crippen molar-refractivity contribution in [2.45, 2.75) is 38.6 Å². The van der Waals surface area contributed by atoms with Crippen molar-refractivity contribution >= 4 is 11.9 Å². The highest BCUT2D eigenvalue weighted by Gasteiger charge is 2.26. The van der Waals surface area contributed by atoms with Crippen molar-refractivity contribution in [2.75, 3.05) is 13.7 Å². The molecule has 5 nitrogen and oxygen atoms in total. The Morgan fingerprint density at radius 3 is 2.50 bits per heavy atom. The molecular formula is C21H25NO4. The van der Waals surface area contributed by atoms with Crippen LogP contribution in [0.1, 0.15) is 43.2 Å². The molecular weight excluding hydrogens is 330 g/mol. The van der Waals surface area contributed by atoms with Gasteiger partial charge in [-0.3, -0.25) is 4.79 Å². The van der Waals surface area contributed by atoms with Gasteiger partial charge in [0.15, 0.2) is 6.61 Å². The molecule has 0 unspecified atom stereocenters. The average molecular weight is 355 g/mol. The molecule has 1 fully saturated rings. The van der Waals surface area contributed by atoms with Gasteiger partial charge >= 0.3 is 5.97 Å². The molecule has 0 atom stereocenters. The number of nitrogens with zero attached hydrogens (tertiary/aromatic N) is 1. The van der Waals surface area contributed by atoms with Crippen molar-refractivity contribution in [3.05, 3.63) is 48.4 Å². The summed E-state index contributed by atoms with van der Waals surface area (Å²) in [4.78, 5) is 26.5. The Bertz CT molecular complexity index is 744. The predicted octanol–water partition coefficient (Wildman–Crippen LogP) is 4.14. The second-order valence-electron chi connectivity index (χ2n) is 7.02. The summed E-state index contributed by atoms with van der Waals surface area (Å²) in [5.41, 5.74) is 1.53. The number of esters is 1. The molecule has 2 aromatic rings. The molecule has 0 N–H and O–H groups in total. The Labute approximate surface area is 153 Å². The number of hydrogen-bond donors (Lipinski definition) is 0. The molecule has 0 spiro atoms. The molecule has 1 aliphatic rings. The molecule has 5 heteroatoms. The molecule has 0 bridgehead atoms. The number of amides is 1. The first-order valence-corrected chi connectivity index (χ1v) is 9.12. The lowest BCUT2D eigenvalue weighted by Crippen LogP contribution is -2.41. The third kappa shape index (κ3) is 4.15. The second kappa shape index (κ2) is 8.21. The third-order valence-corrected chi connectivity index (χ3v) is 5.19. The zero-order valence-corrected chi connectivity index (χ0v) is 15.3. The molecule has 1 aliphatic carbocycles. The Morgan fingerprint density at radius 1 is 1.12 bits per heavy atom. The third-order valence-electron chi connectivity index (χ3n) is 5.19. The van der Waals surface area contributed by atoms with Crippen LogP contribution < -0.4 is 0 Å². The van der Waals surface area contributed by atoms with E-state index >= 15 is 0 Å². The van der Waals surface area contributed by atoms with Crippen molar-refractivity contribution in [1.29, 1.82) is 0 Å². The van der Waals surface area contributed by atoms with Crippen molar-refractivity contribution < 1.29 is 18.7 Å². The molecule has 3 rings (SSSR count). The standard InChI is InChI=1S/C21H25NO4/c1-15-8-10-17(11-9-15)22(2)19(23)14-26-21(24)20-18(12-13-25-20)16-6-4-3-5-7-16/h3-7,12-13,15,17H,8-11,14H2,1-2H3. The van der Waals surface area contributed by atoms with Crippen molar-refractivity contribution in [3.8, 4) is 11.1 Å². The van der Waals surface area contributed by atoms with Crippen molar-refractivity contribution in [3.63, 3.8) is 0 Å². The fourth-order valence-corrected chi connectivity index (χ4v) is 3.44. The van der Waals surface area contributed by atoms with Gasteiger partial charge in [-0.15, -0.1) is 0 Å². The van der Waals surface area contributed by atoms with Gasteiger partial charge in [0.05, 0.1) is 6.26 Å². The number of likely N-dealkylation sites (N-methyl/N-ethyl adjacent to an activating group) is 1. The van der Waals surface area contributed by atoms with E-state index in [0.717, 1.165) is 37.2 Å². The van der Waals surface area contributed by atoms with Gasteiger partial charge in [-0.2, -0.15) is 0 Å². The van der Waals surface area contributed by atoms with E-state index in [2.05, 4.69) is 6.92 Å². The Kier molecular flexibility index (Phi) is 5.76. The van der Waals surface area contributed by atoms with Crippen molar-refractivity contribution in [1.82, 2.24) is 4.90 Å². The normalized spacial score (nSPS) is 19.8. The molecule has 26 heavy (non-hydrogen) atoms. The molecule has 0 radical (unpaired) electrons. The van der Waals surface area contributed by atoms with Crippen LogP contribution in [0.25, 0.3) is 11.1 Å². The number of carbonyl (C=O) groups excluding carboxylic acids is 2. The molecule has 1 aromatic carbocycles.